The summed E-state index contributed by atoms with van der Waals surface area (Å²) in [5.41, 5.74) is 3.30. The zero-order valence-corrected chi connectivity index (χ0v) is 8.99. The lowest BCUT2D eigenvalue weighted by molar-refractivity contribution is 0.953. The molecule has 0 unspecified atom stereocenters. The molecular weight excluding hydrogens is 188 g/mol. The third kappa shape index (κ3) is 2.21. The topological polar surface area (TPSA) is 49.1 Å². The quantitative estimate of drug-likeness (QED) is 0.698. The van der Waals surface area contributed by atoms with E-state index in [2.05, 4.69) is 33.5 Å². The van der Waals surface area contributed by atoms with Crippen molar-refractivity contribution in [3.63, 3.8) is 0 Å². The molecule has 0 bridgehead atoms. The van der Waals surface area contributed by atoms with Crippen molar-refractivity contribution in [3.05, 3.63) is 29.3 Å². The second-order valence-corrected chi connectivity index (χ2v) is 3.55. The van der Waals surface area contributed by atoms with E-state index in [0.29, 0.717) is 5.96 Å². The van der Waals surface area contributed by atoms with Gasteiger partial charge < -0.3 is 5.32 Å². The minimum atomic E-state index is 0.635. The van der Waals surface area contributed by atoms with Gasteiger partial charge in [0.1, 0.15) is 0 Å². The van der Waals surface area contributed by atoms with Gasteiger partial charge in [-0.15, -0.1) is 10.2 Å². The van der Waals surface area contributed by atoms with Gasteiger partial charge in [0.05, 0.1) is 12.2 Å². The minimum Gasteiger partial charge on any atom is -0.351 e. The first-order valence-electron chi connectivity index (χ1n) is 5.03. The van der Waals surface area contributed by atoms with Gasteiger partial charge in [-0.25, -0.2) is 4.99 Å². The van der Waals surface area contributed by atoms with Crippen LogP contribution in [0.3, 0.4) is 0 Å². The summed E-state index contributed by atoms with van der Waals surface area (Å²) >= 11 is 0. The molecule has 1 N–H and O–H groups in total. The monoisotopic (exact) mass is 202 g/mol. The van der Waals surface area contributed by atoms with Gasteiger partial charge in [0.2, 0.25) is 5.96 Å². The fourth-order valence-electron chi connectivity index (χ4n) is 1.40. The Hall–Kier alpha value is -1.71. The molecule has 0 fully saturated rings. The molecule has 78 valence electrons. The predicted octanol–water partition coefficient (Wildman–Crippen LogP) is 2.35. The van der Waals surface area contributed by atoms with Crippen molar-refractivity contribution in [2.45, 2.75) is 13.8 Å². The highest BCUT2D eigenvalue weighted by atomic mass is 15.3. The van der Waals surface area contributed by atoms with Crippen molar-refractivity contribution in [3.8, 4) is 0 Å². The van der Waals surface area contributed by atoms with E-state index in [0.717, 1.165) is 18.8 Å². The molecule has 1 aliphatic rings. The Kier molecular flexibility index (Phi) is 2.76. The van der Waals surface area contributed by atoms with E-state index in [9.17, 15) is 0 Å². The predicted molar refractivity (Wildman–Crippen MR) is 60.7 cm³/mol. The summed E-state index contributed by atoms with van der Waals surface area (Å²) in [6.07, 6.45) is 0. The Morgan fingerprint density at radius 3 is 2.87 bits per heavy atom. The van der Waals surface area contributed by atoms with Crippen LogP contribution in [0.25, 0.3) is 0 Å². The molecular formula is C11H14N4. The second-order valence-electron chi connectivity index (χ2n) is 3.55. The molecule has 1 aromatic rings. The Bertz CT molecular complexity index is 421. The summed E-state index contributed by atoms with van der Waals surface area (Å²) in [6, 6.07) is 6.02. The fourth-order valence-corrected chi connectivity index (χ4v) is 1.40. The van der Waals surface area contributed by atoms with E-state index in [1.54, 1.807) is 0 Å². The summed E-state index contributed by atoms with van der Waals surface area (Å²) in [6.45, 7) is 5.77. The fraction of sp³-hybridized carbons (Fsp3) is 0.364. The average molecular weight is 202 g/mol. The zero-order valence-electron chi connectivity index (χ0n) is 8.99. The van der Waals surface area contributed by atoms with Crippen LogP contribution in [0.1, 0.15) is 11.1 Å². The van der Waals surface area contributed by atoms with Gasteiger partial charge in [0.25, 0.3) is 0 Å². The Morgan fingerprint density at radius 2 is 2.13 bits per heavy atom. The standard InChI is InChI=1S/C11H14N4/c1-8-4-3-5-10(9(8)2)14-15-11-12-6-7-13-11/h3-5H,6-7H2,1-2H3,(H,12,13)/b15-14+. The first kappa shape index (κ1) is 9.83. The van der Waals surface area contributed by atoms with Gasteiger partial charge >= 0.3 is 0 Å². The minimum absolute atomic E-state index is 0.635. The maximum atomic E-state index is 4.18. The van der Waals surface area contributed by atoms with Crippen LogP contribution in [0.2, 0.25) is 0 Å². The lowest BCUT2D eigenvalue weighted by Gasteiger charge is -2.01. The highest BCUT2D eigenvalue weighted by Crippen LogP contribution is 2.21. The Labute approximate surface area is 89.1 Å². The van der Waals surface area contributed by atoms with Gasteiger partial charge in [-0.1, -0.05) is 12.1 Å². The van der Waals surface area contributed by atoms with Gasteiger partial charge in [-0.2, -0.15) is 0 Å². The van der Waals surface area contributed by atoms with Gasteiger partial charge in [0.15, 0.2) is 0 Å². The van der Waals surface area contributed by atoms with Crippen molar-refractivity contribution in [2.24, 2.45) is 15.2 Å². The number of nitrogens with one attached hydrogen (secondary N) is 1. The number of guanidine groups is 1. The lowest BCUT2D eigenvalue weighted by Crippen LogP contribution is -2.15. The van der Waals surface area contributed by atoms with E-state index < -0.39 is 0 Å². The lowest BCUT2D eigenvalue weighted by atomic mass is 10.1. The molecule has 0 spiro atoms. The largest absolute Gasteiger partial charge is 0.351 e. The average Bonchev–Trinajstić information content (AvgIpc) is 2.73. The van der Waals surface area contributed by atoms with Crippen LogP contribution >= 0.6 is 0 Å². The number of aryl methyl sites for hydroxylation is 1. The van der Waals surface area contributed by atoms with E-state index in [4.69, 9.17) is 0 Å². The number of aliphatic imine (C=N–C) groups is 1. The molecule has 0 atom stereocenters. The number of rotatable bonds is 1. The second kappa shape index (κ2) is 4.21. The van der Waals surface area contributed by atoms with Gasteiger partial charge in [0, 0.05) is 6.54 Å². The molecule has 4 heteroatoms. The summed E-state index contributed by atoms with van der Waals surface area (Å²) < 4.78 is 0. The van der Waals surface area contributed by atoms with Crippen LogP contribution in [0, 0.1) is 13.8 Å². The highest BCUT2D eigenvalue weighted by molar-refractivity contribution is 5.81. The van der Waals surface area contributed by atoms with E-state index in [1.165, 1.54) is 11.1 Å². The van der Waals surface area contributed by atoms with Crippen molar-refractivity contribution in [1.29, 1.82) is 0 Å². The van der Waals surface area contributed by atoms with E-state index in [1.807, 2.05) is 19.1 Å². The van der Waals surface area contributed by atoms with Crippen LogP contribution in [0.5, 0.6) is 0 Å². The maximum absolute atomic E-state index is 4.18. The number of hydrogen-bond donors (Lipinski definition) is 1. The van der Waals surface area contributed by atoms with E-state index >= 15 is 0 Å². The Morgan fingerprint density at radius 1 is 1.27 bits per heavy atom. The summed E-state index contributed by atoms with van der Waals surface area (Å²) in [5, 5.41) is 11.3. The third-order valence-corrected chi connectivity index (χ3v) is 2.48. The molecule has 4 nitrogen and oxygen atoms in total. The third-order valence-electron chi connectivity index (χ3n) is 2.48. The van der Waals surface area contributed by atoms with Crippen LogP contribution in [0.15, 0.2) is 33.4 Å². The first-order valence-corrected chi connectivity index (χ1v) is 5.03. The molecule has 1 heterocycles. The van der Waals surface area contributed by atoms with E-state index in [-0.39, 0.29) is 0 Å². The molecule has 0 aromatic heterocycles. The first-order chi connectivity index (χ1) is 7.27. The van der Waals surface area contributed by atoms with Crippen LogP contribution in [0.4, 0.5) is 5.69 Å². The number of benzene rings is 1. The molecule has 0 saturated heterocycles. The summed E-state index contributed by atoms with van der Waals surface area (Å²) in [7, 11) is 0. The smallest absolute Gasteiger partial charge is 0.238 e. The molecule has 1 aliphatic heterocycles. The highest BCUT2D eigenvalue weighted by Gasteiger charge is 2.03. The van der Waals surface area contributed by atoms with Gasteiger partial charge in [-0.3, -0.25) is 0 Å². The molecule has 0 amide bonds. The SMILES string of the molecule is Cc1cccc(/N=N/C2=NCCN2)c1C. The van der Waals surface area contributed by atoms with Crippen molar-refractivity contribution in [2.75, 3.05) is 13.1 Å². The number of azo groups is 1. The number of nitrogens with zero attached hydrogens (tertiary/aromatic N) is 3. The van der Waals surface area contributed by atoms with Crippen LogP contribution in [-0.2, 0) is 0 Å². The molecule has 0 radical (unpaired) electrons. The van der Waals surface area contributed by atoms with Gasteiger partial charge in [-0.05, 0) is 31.0 Å². The van der Waals surface area contributed by atoms with Crippen LogP contribution in [-0.4, -0.2) is 19.0 Å². The van der Waals surface area contributed by atoms with Crippen LogP contribution < -0.4 is 5.32 Å². The molecule has 0 aliphatic carbocycles. The van der Waals surface area contributed by atoms with Crippen molar-refractivity contribution in [1.82, 2.24) is 5.32 Å². The number of hydrogen-bond acceptors (Lipinski definition) is 4. The maximum Gasteiger partial charge on any atom is 0.238 e. The normalized spacial score (nSPS) is 15.5. The summed E-state index contributed by atoms with van der Waals surface area (Å²) in [5.74, 6) is 0.635. The zero-order chi connectivity index (χ0) is 10.7. The molecule has 0 saturated carbocycles. The van der Waals surface area contributed by atoms with Crippen molar-refractivity contribution >= 4 is 11.6 Å². The molecule has 2 rings (SSSR count). The molecule has 1 aromatic carbocycles. The Balaban J connectivity index is 2.20. The molecule has 15 heavy (non-hydrogen) atoms. The summed E-state index contributed by atoms with van der Waals surface area (Å²) in [4.78, 5) is 4.15. The van der Waals surface area contributed by atoms with Crippen molar-refractivity contribution < 1.29 is 0 Å².